The Morgan fingerprint density at radius 1 is 1.29 bits per heavy atom. The minimum absolute atomic E-state index is 0. The highest BCUT2D eigenvalue weighted by atomic mass is 28.1. The lowest BCUT2D eigenvalue weighted by Gasteiger charge is -1.62. The molecule has 0 aromatic carbocycles. The average Bonchev–Trinajstić information content (AvgIpc) is 1.41. The molecule has 7 heavy (non-hydrogen) atoms. The molecule has 44 valence electrons. The highest BCUT2D eigenvalue weighted by Gasteiger charge is 1.60. The van der Waals surface area contributed by atoms with E-state index >= 15 is 0 Å². The summed E-state index contributed by atoms with van der Waals surface area (Å²) in [6.45, 7) is 2.00. The highest BCUT2D eigenvalue weighted by molar-refractivity contribution is 5.75. The van der Waals surface area contributed by atoms with Gasteiger partial charge < -0.3 is 16.3 Å². The zero-order chi connectivity index (χ0) is 5.58. The highest BCUT2D eigenvalue weighted by Crippen LogP contribution is 1.25. The average molecular weight is 122 g/mol. The number of nitrogens with two attached hydrogens (primary N) is 2. The van der Waals surface area contributed by atoms with Crippen molar-refractivity contribution in [2.75, 3.05) is 0 Å². The van der Waals surface area contributed by atoms with Crippen LogP contribution < -0.4 is 11.5 Å². The lowest BCUT2D eigenvalue weighted by Crippen LogP contribution is -2.18. The predicted octanol–water partition coefficient (Wildman–Crippen LogP) is -2.61. The van der Waals surface area contributed by atoms with Gasteiger partial charge in [0.1, 0.15) is 6.79 Å². The van der Waals surface area contributed by atoms with Gasteiger partial charge in [-0.1, -0.05) is 0 Å². The first-order valence-corrected chi connectivity index (χ1v) is 1.07. The fourth-order valence-corrected chi connectivity index (χ4v) is 0. The molecule has 0 heterocycles. The number of hydrogen-bond acceptors (Lipinski definition) is 2. The Balaban J connectivity index is -0.0000000480. The first-order valence-electron chi connectivity index (χ1n) is 1.07. The Hall–Kier alpha value is -0.843. The van der Waals surface area contributed by atoms with Crippen molar-refractivity contribution in [1.82, 2.24) is 0 Å². The summed E-state index contributed by atoms with van der Waals surface area (Å²) >= 11 is 0. The van der Waals surface area contributed by atoms with Gasteiger partial charge in [0.05, 0.1) is 0 Å². The Morgan fingerprint density at radius 2 is 1.29 bits per heavy atom. The molecule has 4 N–H and O–H groups in total. The normalized spacial score (nSPS) is 4.00. The molecule has 0 fully saturated rings. The van der Waals surface area contributed by atoms with E-state index in [-0.39, 0.29) is 11.0 Å². The molecule has 4 nitrogen and oxygen atoms in total. The zero-order valence-electron chi connectivity index (χ0n) is 3.18. The zero-order valence-corrected chi connectivity index (χ0v) is 3.18. The van der Waals surface area contributed by atoms with Crippen molar-refractivity contribution in [3.05, 3.63) is 0 Å². The van der Waals surface area contributed by atoms with E-state index < -0.39 is 6.03 Å². The van der Waals surface area contributed by atoms with Crippen molar-refractivity contribution >= 4 is 23.8 Å². The van der Waals surface area contributed by atoms with Gasteiger partial charge in [-0.25, -0.2) is 4.79 Å². The molecule has 0 aromatic rings. The van der Waals surface area contributed by atoms with Crippen LogP contribution in [0.15, 0.2) is 0 Å². The smallest absolute Gasteiger partial charge is 0.309 e. The van der Waals surface area contributed by atoms with Gasteiger partial charge in [0.2, 0.25) is 0 Å². The number of amides is 2. The fourth-order valence-electron chi connectivity index (χ4n) is 0. The molecule has 0 aromatic heterocycles. The van der Waals surface area contributed by atoms with Gasteiger partial charge in [-0.3, -0.25) is 0 Å². The molecule has 0 saturated carbocycles. The van der Waals surface area contributed by atoms with Crippen molar-refractivity contribution in [2.45, 2.75) is 0 Å². The molecule has 0 atom stereocenters. The van der Waals surface area contributed by atoms with E-state index in [1.165, 1.54) is 0 Å². The molecular weight excluding hydrogens is 112 g/mol. The van der Waals surface area contributed by atoms with Gasteiger partial charge >= 0.3 is 6.03 Å². The second-order valence-corrected chi connectivity index (χ2v) is 0.402. The third-order valence-electron chi connectivity index (χ3n) is 0. The van der Waals surface area contributed by atoms with Crippen molar-refractivity contribution in [1.29, 1.82) is 0 Å². The topological polar surface area (TPSA) is 86.2 Å². The molecule has 0 unspecified atom stereocenters. The molecule has 0 saturated heterocycles. The minimum atomic E-state index is -0.833. The van der Waals surface area contributed by atoms with Crippen molar-refractivity contribution in [2.24, 2.45) is 11.5 Å². The van der Waals surface area contributed by atoms with E-state index in [0.29, 0.717) is 0 Å². The van der Waals surface area contributed by atoms with Crippen LogP contribution in [0.1, 0.15) is 0 Å². The van der Waals surface area contributed by atoms with Crippen LogP contribution in [0, 0.1) is 0 Å². The van der Waals surface area contributed by atoms with Gasteiger partial charge in [0.25, 0.3) is 0 Å². The lowest BCUT2D eigenvalue weighted by atomic mass is 11.2. The van der Waals surface area contributed by atoms with E-state index in [1.807, 2.05) is 6.79 Å². The molecule has 0 aliphatic rings. The van der Waals surface area contributed by atoms with Crippen molar-refractivity contribution in [3.8, 4) is 0 Å². The minimum Gasteiger partial charge on any atom is -0.352 e. The van der Waals surface area contributed by atoms with Crippen LogP contribution in [0.25, 0.3) is 0 Å². The van der Waals surface area contributed by atoms with Crippen LogP contribution in [-0.2, 0) is 4.79 Å². The second-order valence-electron chi connectivity index (χ2n) is 0.402. The number of carbonyl (C=O) groups excluding carboxylic acids is 2. The standard InChI is InChI=1S/CH4N2O.CH2O.H4Si/c2-1(3)4;1-2;/h(H4,2,3,4);1H2;1H4. The molecule has 0 bridgehead atoms. The summed E-state index contributed by atoms with van der Waals surface area (Å²) in [6.07, 6.45) is 0. The molecular formula is C2H10N2O2Si. The number of rotatable bonds is 0. The van der Waals surface area contributed by atoms with E-state index in [0.717, 1.165) is 0 Å². The van der Waals surface area contributed by atoms with Gasteiger partial charge in [-0.05, 0) is 11.0 Å². The first-order chi connectivity index (χ1) is 2.73. The van der Waals surface area contributed by atoms with Crippen LogP contribution >= 0.6 is 0 Å². The van der Waals surface area contributed by atoms with Gasteiger partial charge in [-0.15, -0.1) is 0 Å². The lowest BCUT2D eigenvalue weighted by molar-refractivity contribution is -0.0979. The molecule has 0 radical (unpaired) electrons. The number of urea groups is 1. The van der Waals surface area contributed by atoms with Gasteiger partial charge in [0.15, 0.2) is 0 Å². The number of carbonyl (C=O) groups is 2. The predicted molar refractivity (Wildman–Crippen MR) is 32.2 cm³/mol. The summed E-state index contributed by atoms with van der Waals surface area (Å²) in [7, 11) is 0. The van der Waals surface area contributed by atoms with Gasteiger partial charge in [-0.2, -0.15) is 0 Å². The Kier molecular flexibility index (Phi) is 45.0. The molecule has 0 spiro atoms. The summed E-state index contributed by atoms with van der Waals surface area (Å²) in [5.74, 6) is 0. The molecule has 0 rings (SSSR count). The van der Waals surface area contributed by atoms with Crippen molar-refractivity contribution < 1.29 is 9.59 Å². The van der Waals surface area contributed by atoms with Crippen LogP contribution in [0.4, 0.5) is 4.79 Å². The monoisotopic (exact) mass is 122 g/mol. The Labute approximate surface area is 45.9 Å². The van der Waals surface area contributed by atoms with Crippen molar-refractivity contribution in [3.63, 3.8) is 0 Å². The summed E-state index contributed by atoms with van der Waals surface area (Å²) in [4.78, 5) is 17.0. The maximum Gasteiger partial charge on any atom is 0.309 e. The molecule has 0 aliphatic carbocycles. The third kappa shape index (κ3) is 72.3. The summed E-state index contributed by atoms with van der Waals surface area (Å²) in [5.41, 5.74) is 8.50. The summed E-state index contributed by atoms with van der Waals surface area (Å²) in [6, 6.07) is -0.833. The number of hydrogen-bond donors (Lipinski definition) is 2. The maximum absolute atomic E-state index is 9.00. The Bertz CT molecular complexity index is 45.0. The van der Waals surface area contributed by atoms with Crippen LogP contribution in [0.2, 0.25) is 0 Å². The Morgan fingerprint density at radius 3 is 1.29 bits per heavy atom. The van der Waals surface area contributed by atoms with E-state index in [1.54, 1.807) is 0 Å². The largest absolute Gasteiger partial charge is 0.352 e. The fraction of sp³-hybridized carbons (Fsp3) is 0. The molecule has 2 amide bonds. The summed E-state index contributed by atoms with van der Waals surface area (Å²) in [5, 5.41) is 0. The van der Waals surface area contributed by atoms with E-state index in [2.05, 4.69) is 11.5 Å². The number of primary amides is 2. The van der Waals surface area contributed by atoms with Crippen LogP contribution in [0.5, 0.6) is 0 Å². The summed E-state index contributed by atoms with van der Waals surface area (Å²) < 4.78 is 0. The third-order valence-corrected chi connectivity index (χ3v) is 0. The molecule has 5 heteroatoms. The van der Waals surface area contributed by atoms with Crippen LogP contribution in [0.3, 0.4) is 0 Å². The van der Waals surface area contributed by atoms with E-state index in [9.17, 15) is 0 Å². The van der Waals surface area contributed by atoms with Crippen LogP contribution in [-0.4, -0.2) is 23.8 Å². The van der Waals surface area contributed by atoms with Gasteiger partial charge in [0, 0.05) is 0 Å². The molecule has 0 aliphatic heterocycles. The quantitative estimate of drug-likeness (QED) is 0.345. The van der Waals surface area contributed by atoms with E-state index in [4.69, 9.17) is 9.59 Å². The second kappa shape index (κ2) is 19.2. The first kappa shape index (κ1) is 16.4. The SMILES string of the molecule is C=O.NC(N)=O.[SiH4]. The maximum atomic E-state index is 9.00.